The minimum Gasteiger partial charge on any atom is -0.462 e. The Morgan fingerprint density at radius 1 is 1.38 bits per heavy atom. The first kappa shape index (κ1) is 13.3. The molecule has 0 aromatic carbocycles. The van der Waals surface area contributed by atoms with Gasteiger partial charge in [0.15, 0.2) is 0 Å². The smallest absolute Gasteiger partial charge is 0.308 e. The topological polar surface area (TPSA) is 26.3 Å². The van der Waals surface area contributed by atoms with Crippen LogP contribution in [0.2, 0.25) is 0 Å². The van der Waals surface area contributed by atoms with Crippen LogP contribution in [0.4, 0.5) is 0 Å². The van der Waals surface area contributed by atoms with E-state index in [-0.39, 0.29) is 18.0 Å². The Hall–Kier alpha value is -0.790. The largest absolute Gasteiger partial charge is 0.462 e. The second kappa shape index (κ2) is 5.51. The number of hydrogen-bond donors (Lipinski definition) is 0. The molecule has 0 aromatic rings. The zero-order chi connectivity index (χ0) is 12.3. The summed E-state index contributed by atoms with van der Waals surface area (Å²) in [5, 5.41) is 0. The van der Waals surface area contributed by atoms with E-state index in [1.54, 1.807) is 0 Å². The maximum atomic E-state index is 11.6. The van der Waals surface area contributed by atoms with Crippen LogP contribution in [0, 0.1) is 17.8 Å². The lowest BCUT2D eigenvalue weighted by atomic mass is 9.77. The Morgan fingerprint density at radius 3 is 2.50 bits per heavy atom. The number of ether oxygens (including phenoxy) is 1. The number of hydrogen-bond acceptors (Lipinski definition) is 2. The molecule has 0 unspecified atom stereocenters. The van der Waals surface area contributed by atoms with Crippen LogP contribution in [0.15, 0.2) is 12.2 Å². The summed E-state index contributed by atoms with van der Waals surface area (Å²) < 4.78 is 5.60. The van der Waals surface area contributed by atoms with E-state index >= 15 is 0 Å². The van der Waals surface area contributed by atoms with E-state index < -0.39 is 0 Å². The number of carbonyl (C=O) groups is 1. The highest BCUT2D eigenvalue weighted by Gasteiger charge is 2.32. The van der Waals surface area contributed by atoms with Crippen molar-refractivity contribution >= 4 is 5.97 Å². The van der Waals surface area contributed by atoms with Gasteiger partial charge in [-0.05, 0) is 24.7 Å². The summed E-state index contributed by atoms with van der Waals surface area (Å²) in [6.07, 6.45) is 3.09. The summed E-state index contributed by atoms with van der Waals surface area (Å²) in [6.45, 7) is 12.2. The maximum Gasteiger partial charge on any atom is 0.308 e. The molecule has 2 nitrogen and oxygen atoms in total. The highest BCUT2D eigenvalue weighted by molar-refractivity contribution is 5.71. The molecule has 2 heteroatoms. The van der Waals surface area contributed by atoms with Gasteiger partial charge in [0, 0.05) is 6.42 Å². The van der Waals surface area contributed by atoms with Gasteiger partial charge in [0.05, 0.1) is 5.92 Å². The molecule has 92 valence electrons. The van der Waals surface area contributed by atoms with Crippen LogP contribution in [0.3, 0.4) is 0 Å². The molecular weight excluding hydrogens is 200 g/mol. The Morgan fingerprint density at radius 2 is 2.00 bits per heavy atom. The summed E-state index contributed by atoms with van der Waals surface area (Å²) in [7, 11) is 0. The zero-order valence-electron chi connectivity index (χ0n) is 11.0. The van der Waals surface area contributed by atoms with E-state index in [9.17, 15) is 4.79 Å². The molecule has 0 aliphatic heterocycles. The van der Waals surface area contributed by atoms with Crippen LogP contribution < -0.4 is 0 Å². The molecule has 1 saturated carbocycles. The lowest BCUT2D eigenvalue weighted by Gasteiger charge is -2.35. The minimum absolute atomic E-state index is 0.0389. The fraction of sp³-hybridized carbons (Fsp3) is 0.786. The molecule has 16 heavy (non-hydrogen) atoms. The van der Waals surface area contributed by atoms with Crippen molar-refractivity contribution in [1.29, 1.82) is 0 Å². The Kier molecular flexibility index (Phi) is 4.57. The van der Waals surface area contributed by atoms with E-state index in [0.717, 1.165) is 19.3 Å². The molecule has 1 aliphatic rings. The lowest BCUT2D eigenvalue weighted by Crippen LogP contribution is -2.34. The van der Waals surface area contributed by atoms with Gasteiger partial charge in [-0.3, -0.25) is 4.79 Å². The number of esters is 1. The first-order chi connectivity index (χ1) is 7.41. The lowest BCUT2D eigenvalue weighted by molar-refractivity contribution is -0.157. The second-order valence-corrected chi connectivity index (χ2v) is 5.53. The fourth-order valence-corrected chi connectivity index (χ4v) is 2.27. The molecule has 0 saturated heterocycles. The van der Waals surface area contributed by atoms with Gasteiger partial charge in [0.2, 0.25) is 0 Å². The molecule has 0 bridgehead atoms. The van der Waals surface area contributed by atoms with Crippen LogP contribution in [0.25, 0.3) is 0 Å². The third-order valence-corrected chi connectivity index (χ3v) is 3.39. The quantitative estimate of drug-likeness (QED) is 0.541. The third kappa shape index (κ3) is 3.36. The predicted molar refractivity (Wildman–Crippen MR) is 66.0 cm³/mol. The molecular formula is C14H24O2. The van der Waals surface area contributed by atoms with Gasteiger partial charge in [0.25, 0.3) is 0 Å². The average Bonchev–Trinajstić information content (AvgIpc) is 2.16. The normalized spacial score (nSPS) is 26.2. The van der Waals surface area contributed by atoms with Gasteiger partial charge in [0.1, 0.15) is 6.10 Å². The van der Waals surface area contributed by atoms with Crippen molar-refractivity contribution in [1.82, 2.24) is 0 Å². The van der Waals surface area contributed by atoms with Crippen molar-refractivity contribution < 1.29 is 9.53 Å². The van der Waals surface area contributed by atoms with Crippen molar-refractivity contribution in [2.24, 2.45) is 17.8 Å². The standard InChI is InChI=1S/C14H24O2/c1-9(2)12-7-6-11(5)8-13(12)16-14(15)10(3)4/h9-10,12-13H,5-8H2,1-4H3/t12-,13+/m0/s1. The zero-order valence-corrected chi connectivity index (χ0v) is 11.0. The SMILES string of the molecule is C=C1CC[C@@H](C(C)C)[C@H](OC(=O)C(C)C)C1. The van der Waals surface area contributed by atoms with Crippen LogP contribution in [-0.2, 0) is 9.53 Å². The van der Waals surface area contributed by atoms with Crippen molar-refractivity contribution in [2.75, 3.05) is 0 Å². The molecule has 2 atom stereocenters. The first-order valence-corrected chi connectivity index (χ1v) is 6.29. The Balaban J connectivity index is 2.64. The van der Waals surface area contributed by atoms with E-state index in [0.29, 0.717) is 11.8 Å². The monoisotopic (exact) mass is 224 g/mol. The molecule has 1 rings (SSSR count). The highest BCUT2D eigenvalue weighted by atomic mass is 16.5. The number of carbonyl (C=O) groups excluding carboxylic acids is 1. The van der Waals surface area contributed by atoms with Gasteiger partial charge in [-0.25, -0.2) is 0 Å². The molecule has 1 aliphatic carbocycles. The van der Waals surface area contributed by atoms with E-state index in [1.165, 1.54) is 5.57 Å². The van der Waals surface area contributed by atoms with Crippen LogP contribution >= 0.6 is 0 Å². The average molecular weight is 224 g/mol. The van der Waals surface area contributed by atoms with Crippen LogP contribution in [0.1, 0.15) is 47.0 Å². The van der Waals surface area contributed by atoms with Crippen LogP contribution in [-0.4, -0.2) is 12.1 Å². The molecule has 0 amide bonds. The fourth-order valence-electron chi connectivity index (χ4n) is 2.27. The molecule has 0 radical (unpaired) electrons. The van der Waals surface area contributed by atoms with Gasteiger partial charge < -0.3 is 4.74 Å². The van der Waals surface area contributed by atoms with E-state index in [2.05, 4.69) is 20.4 Å². The predicted octanol–water partition coefficient (Wildman–Crippen LogP) is 3.57. The summed E-state index contributed by atoms with van der Waals surface area (Å²) in [4.78, 5) is 11.6. The minimum atomic E-state index is -0.0784. The summed E-state index contributed by atoms with van der Waals surface area (Å²) in [6, 6.07) is 0. The second-order valence-electron chi connectivity index (χ2n) is 5.53. The number of rotatable bonds is 3. The first-order valence-electron chi connectivity index (χ1n) is 6.29. The van der Waals surface area contributed by atoms with Crippen molar-refractivity contribution in [3.63, 3.8) is 0 Å². The Bertz CT molecular complexity index is 266. The maximum absolute atomic E-state index is 11.6. The molecule has 1 fully saturated rings. The summed E-state index contributed by atoms with van der Waals surface area (Å²) in [5.74, 6) is 0.944. The van der Waals surface area contributed by atoms with Crippen molar-refractivity contribution in [3.05, 3.63) is 12.2 Å². The van der Waals surface area contributed by atoms with Crippen LogP contribution in [0.5, 0.6) is 0 Å². The molecule has 0 spiro atoms. The summed E-state index contributed by atoms with van der Waals surface area (Å²) >= 11 is 0. The van der Waals surface area contributed by atoms with Gasteiger partial charge in [-0.2, -0.15) is 0 Å². The third-order valence-electron chi connectivity index (χ3n) is 3.39. The van der Waals surface area contributed by atoms with Crippen molar-refractivity contribution in [3.8, 4) is 0 Å². The van der Waals surface area contributed by atoms with Gasteiger partial charge >= 0.3 is 5.97 Å². The molecule has 0 aromatic heterocycles. The molecule has 0 N–H and O–H groups in total. The Labute approximate surface area is 99.1 Å². The van der Waals surface area contributed by atoms with Gasteiger partial charge in [-0.15, -0.1) is 0 Å². The summed E-state index contributed by atoms with van der Waals surface area (Å²) in [5.41, 5.74) is 1.22. The molecule has 0 heterocycles. The highest BCUT2D eigenvalue weighted by Crippen LogP contribution is 2.34. The van der Waals surface area contributed by atoms with Gasteiger partial charge in [-0.1, -0.05) is 39.8 Å². The van der Waals surface area contributed by atoms with E-state index in [4.69, 9.17) is 4.74 Å². The van der Waals surface area contributed by atoms with E-state index in [1.807, 2.05) is 13.8 Å². The van der Waals surface area contributed by atoms with Crippen molar-refractivity contribution in [2.45, 2.75) is 53.1 Å².